The SMILES string of the molecule is CC1(CC2CCC2)CC(O)c2ccc(Br)cc2O1. The van der Waals surface area contributed by atoms with E-state index in [0.29, 0.717) is 6.42 Å². The highest BCUT2D eigenvalue weighted by Gasteiger charge is 2.39. The number of fused-ring (bicyclic) bond motifs is 1. The standard InChI is InChI=1S/C15H19BrO2/c1-15(8-10-3-2-4-10)9-13(17)12-6-5-11(16)7-14(12)18-15/h5-7,10,13,17H,2-4,8-9H2,1H3. The summed E-state index contributed by atoms with van der Waals surface area (Å²) < 4.78 is 7.19. The lowest BCUT2D eigenvalue weighted by atomic mass is 9.75. The molecule has 0 bridgehead atoms. The van der Waals surface area contributed by atoms with Crippen LogP contribution in [0.15, 0.2) is 22.7 Å². The second-order valence-electron chi connectivity index (χ2n) is 5.96. The van der Waals surface area contributed by atoms with Crippen LogP contribution < -0.4 is 4.74 Å². The van der Waals surface area contributed by atoms with E-state index in [0.717, 1.165) is 28.1 Å². The summed E-state index contributed by atoms with van der Waals surface area (Å²) >= 11 is 3.46. The van der Waals surface area contributed by atoms with E-state index in [2.05, 4.69) is 22.9 Å². The van der Waals surface area contributed by atoms with Gasteiger partial charge >= 0.3 is 0 Å². The Morgan fingerprint density at radius 3 is 2.89 bits per heavy atom. The topological polar surface area (TPSA) is 29.5 Å². The minimum absolute atomic E-state index is 0.210. The molecular weight excluding hydrogens is 292 g/mol. The normalized spacial score (nSPS) is 31.4. The largest absolute Gasteiger partial charge is 0.487 e. The molecular formula is C15H19BrO2. The zero-order chi connectivity index (χ0) is 12.8. The molecule has 3 heteroatoms. The molecule has 1 fully saturated rings. The Balaban J connectivity index is 1.84. The van der Waals surface area contributed by atoms with Crippen LogP contribution in [-0.2, 0) is 0 Å². The molecule has 0 spiro atoms. The Hall–Kier alpha value is -0.540. The van der Waals surface area contributed by atoms with Crippen LogP contribution in [0.2, 0.25) is 0 Å². The zero-order valence-corrected chi connectivity index (χ0v) is 12.2. The molecule has 3 rings (SSSR count). The Labute approximate surface area is 116 Å². The molecule has 0 aromatic heterocycles. The molecule has 0 saturated heterocycles. The first-order valence-corrected chi connectivity index (χ1v) is 7.52. The third-order valence-corrected chi connectivity index (χ3v) is 4.75. The predicted octanol–water partition coefficient (Wildman–Crippen LogP) is 4.21. The van der Waals surface area contributed by atoms with Crippen molar-refractivity contribution in [2.75, 3.05) is 0 Å². The molecule has 18 heavy (non-hydrogen) atoms. The predicted molar refractivity (Wildman–Crippen MR) is 74.7 cm³/mol. The van der Waals surface area contributed by atoms with Crippen LogP contribution >= 0.6 is 15.9 Å². The summed E-state index contributed by atoms with van der Waals surface area (Å²) in [5, 5.41) is 10.3. The summed E-state index contributed by atoms with van der Waals surface area (Å²) in [5.74, 6) is 1.63. The summed E-state index contributed by atoms with van der Waals surface area (Å²) in [6.07, 6.45) is 5.37. The molecule has 98 valence electrons. The number of rotatable bonds is 2. The molecule has 1 aromatic rings. The fourth-order valence-electron chi connectivity index (χ4n) is 3.13. The Kier molecular flexibility index (Phi) is 3.15. The van der Waals surface area contributed by atoms with E-state index in [1.165, 1.54) is 19.3 Å². The Morgan fingerprint density at radius 2 is 2.22 bits per heavy atom. The number of halogens is 1. The molecule has 1 aliphatic heterocycles. The highest BCUT2D eigenvalue weighted by molar-refractivity contribution is 9.10. The van der Waals surface area contributed by atoms with E-state index in [-0.39, 0.29) is 5.60 Å². The Morgan fingerprint density at radius 1 is 1.44 bits per heavy atom. The summed E-state index contributed by atoms with van der Waals surface area (Å²) in [6, 6.07) is 5.88. The molecule has 2 unspecified atom stereocenters. The molecule has 0 amide bonds. The van der Waals surface area contributed by atoms with Crippen LogP contribution in [-0.4, -0.2) is 10.7 Å². The molecule has 2 nitrogen and oxygen atoms in total. The lowest BCUT2D eigenvalue weighted by Gasteiger charge is -2.42. The maximum absolute atomic E-state index is 10.3. The molecule has 1 aromatic carbocycles. The van der Waals surface area contributed by atoms with E-state index in [9.17, 15) is 5.11 Å². The van der Waals surface area contributed by atoms with Gasteiger partial charge in [-0.25, -0.2) is 0 Å². The first-order chi connectivity index (χ1) is 8.56. The van der Waals surface area contributed by atoms with Gasteiger partial charge in [0.2, 0.25) is 0 Å². The van der Waals surface area contributed by atoms with Gasteiger partial charge in [-0.05, 0) is 31.4 Å². The maximum atomic E-state index is 10.3. The summed E-state index contributed by atoms with van der Waals surface area (Å²) in [7, 11) is 0. The van der Waals surface area contributed by atoms with Gasteiger partial charge in [0.15, 0.2) is 0 Å². The number of benzene rings is 1. The van der Waals surface area contributed by atoms with Gasteiger partial charge in [-0.2, -0.15) is 0 Å². The van der Waals surface area contributed by atoms with Gasteiger partial charge < -0.3 is 9.84 Å². The van der Waals surface area contributed by atoms with Crippen molar-refractivity contribution in [1.82, 2.24) is 0 Å². The van der Waals surface area contributed by atoms with E-state index in [1.54, 1.807) is 0 Å². The second-order valence-corrected chi connectivity index (χ2v) is 6.87. The van der Waals surface area contributed by atoms with Crippen molar-refractivity contribution >= 4 is 15.9 Å². The average molecular weight is 311 g/mol. The number of ether oxygens (including phenoxy) is 1. The van der Waals surface area contributed by atoms with E-state index in [4.69, 9.17) is 4.74 Å². The maximum Gasteiger partial charge on any atom is 0.127 e. The monoisotopic (exact) mass is 310 g/mol. The van der Waals surface area contributed by atoms with Gasteiger partial charge in [0.25, 0.3) is 0 Å². The average Bonchev–Trinajstić information content (AvgIpc) is 2.23. The summed E-state index contributed by atoms with van der Waals surface area (Å²) in [6.45, 7) is 2.14. The van der Waals surface area contributed by atoms with Crippen molar-refractivity contribution in [2.45, 2.75) is 50.7 Å². The lowest BCUT2D eigenvalue weighted by molar-refractivity contribution is -0.0248. The van der Waals surface area contributed by atoms with Crippen LogP contribution in [0.1, 0.15) is 50.7 Å². The highest BCUT2D eigenvalue weighted by Crippen LogP contribution is 2.45. The van der Waals surface area contributed by atoms with Crippen molar-refractivity contribution in [1.29, 1.82) is 0 Å². The molecule has 0 radical (unpaired) electrons. The van der Waals surface area contributed by atoms with Crippen molar-refractivity contribution < 1.29 is 9.84 Å². The van der Waals surface area contributed by atoms with Gasteiger partial charge in [-0.1, -0.05) is 41.3 Å². The fraction of sp³-hybridized carbons (Fsp3) is 0.600. The van der Waals surface area contributed by atoms with Crippen molar-refractivity contribution in [3.63, 3.8) is 0 Å². The van der Waals surface area contributed by atoms with E-state index >= 15 is 0 Å². The molecule has 1 aliphatic carbocycles. The van der Waals surface area contributed by atoms with E-state index < -0.39 is 6.10 Å². The second kappa shape index (κ2) is 4.53. The smallest absolute Gasteiger partial charge is 0.127 e. The number of aliphatic hydroxyl groups excluding tert-OH is 1. The third-order valence-electron chi connectivity index (χ3n) is 4.26. The van der Waals surface area contributed by atoms with Gasteiger partial charge in [0, 0.05) is 16.5 Å². The molecule has 2 aliphatic rings. The third kappa shape index (κ3) is 2.30. The van der Waals surface area contributed by atoms with Gasteiger partial charge in [-0.3, -0.25) is 0 Å². The van der Waals surface area contributed by atoms with Crippen molar-refractivity contribution in [3.05, 3.63) is 28.2 Å². The van der Waals surface area contributed by atoms with Gasteiger partial charge in [-0.15, -0.1) is 0 Å². The molecule has 1 N–H and O–H groups in total. The fourth-order valence-corrected chi connectivity index (χ4v) is 3.47. The first-order valence-electron chi connectivity index (χ1n) is 6.72. The summed E-state index contributed by atoms with van der Waals surface area (Å²) in [4.78, 5) is 0. The van der Waals surface area contributed by atoms with E-state index in [1.807, 2.05) is 18.2 Å². The van der Waals surface area contributed by atoms with Crippen LogP contribution in [0.3, 0.4) is 0 Å². The van der Waals surface area contributed by atoms with Crippen LogP contribution in [0.4, 0.5) is 0 Å². The van der Waals surface area contributed by atoms with Crippen LogP contribution in [0.25, 0.3) is 0 Å². The number of aliphatic hydroxyl groups is 1. The number of hydrogen-bond acceptors (Lipinski definition) is 2. The summed E-state index contributed by atoms with van der Waals surface area (Å²) in [5.41, 5.74) is 0.711. The molecule has 1 heterocycles. The van der Waals surface area contributed by atoms with Gasteiger partial charge in [0.1, 0.15) is 11.4 Å². The lowest BCUT2D eigenvalue weighted by Crippen LogP contribution is -2.41. The number of hydrogen-bond donors (Lipinski definition) is 1. The highest BCUT2D eigenvalue weighted by atomic mass is 79.9. The molecule has 1 saturated carbocycles. The molecule has 2 atom stereocenters. The Bertz CT molecular complexity index is 456. The van der Waals surface area contributed by atoms with Crippen molar-refractivity contribution in [3.8, 4) is 5.75 Å². The first kappa shape index (κ1) is 12.5. The van der Waals surface area contributed by atoms with Crippen LogP contribution in [0.5, 0.6) is 5.75 Å². The van der Waals surface area contributed by atoms with Crippen LogP contribution in [0, 0.1) is 5.92 Å². The zero-order valence-electron chi connectivity index (χ0n) is 10.7. The quantitative estimate of drug-likeness (QED) is 0.886. The minimum atomic E-state index is -0.396. The van der Waals surface area contributed by atoms with Crippen molar-refractivity contribution in [2.24, 2.45) is 5.92 Å². The minimum Gasteiger partial charge on any atom is -0.487 e. The van der Waals surface area contributed by atoms with Gasteiger partial charge in [0.05, 0.1) is 6.10 Å².